The Morgan fingerprint density at radius 2 is 1.55 bits per heavy atom. The number of aliphatic hydroxyl groups is 1. The first-order chi connectivity index (χ1) is 13.8. The van der Waals surface area contributed by atoms with E-state index < -0.39 is 17.8 Å². The van der Waals surface area contributed by atoms with E-state index in [1.54, 1.807) is 12.1 Å². The number of ether oxygens (including phenoxy) is 3. The van der Waals surface area contributed by atoms with E-state index in [0.717, 1.165) is 12.1 Å². The summed E-state index contributed by atoms with van der Waals surface area (Å²) in [4.78, 5) is 7.09. The van der Waals surface area contributed by atoms with Crippen LogP contribution in [0.4, 0.5) is 13.2 Å². The molecule has 0 spiro atoms. The van der Waals surface area contributed by atoms with Crippen molar-refractivity contribution in [1.82, 2.24) is 9.97 Å². The Bertz CT molecular complexity index is 959. The van der Waals surface area contributed by atoms with E-state index in [1.807, 2.05) is 0 Å². The predicted molar refractivity (Wildman–Crippen MR) is 99.2 cm³/mol. The number of halogens is 3. The van der Waals surface area contributed by atoms with E-state index in [-0.39, 0.29) is 0 Å². The Morgan fingerprint density at radius 3 is 2.03 bits per heavy atom. The highest BCUT2D eigenvalue weighted by atomic mass is 19.4. The molecule has 1 heterocycles. The molecule has 0 fully saturated rings. The largest absolute Gasteiger partial charge is 0.493 e. The van der Waals surface area contributed by atoms with Gasteiger partial charge in [0.2, 0.25) is 5.75 Å². The van der Waals surface area contributed by atoms with Crippen molar-refractivity contribution in [2.75, 3.05) is 21.3 Å². The molecule has 0 bridgehead atoms. The lowest BCUT2D eigenvalue weighted by atomic mass is 10.1. The minimum atomic E-state index is -4.41. The average molecular weight is 408 g/mol. The molecule has 1 atom stereocenters. The van der Waals surface area contributed by atoms with Crippen LogP contribution in [0, 0.1) is 0 Å². The molecule has 0 radical (unpaired) electrons. The van der Waals surface area contributed by atoms with Gasteiger partial charge in [-0.2, -0.15) is 13.2 Å². The molecule has 3 rings (SSSR count). The van der Waals surface area contributed by atoms with Gasteiger partial charge in [0.05, 0.1) is 38.8 Å². The Balaban J connectivity index is 1.90. The van der Waals surface area contributed by atoms with Crippen molar-refractivity contribution >= 4 is 0 Å². The minimum Gasteiger partial charge on any atom is -0.493 e. The van der Waals surface area contributed by atoms with Gasteiger partial charge in [0.25, 0.3) is 0 Å². The average Bonchev–Trinajstić information content (AvgIpc) is 3.21. The van der Waals surface area contributed by atoms with Gasteiger partial charge >= 0.3 is 6.18 Å². The number of aromatic nitrogens is 2. The summed E-state index contributed by atoms with van der Waals surface area (Å²) in [5.74, 6) is 1.48. The van der Waals surface area contributed by atoms with Gasteiger partial charge in [0.15, 0.2) is 11.5 Å². The van der Waals surface area contributed by atoms with Crippen LogP contribution in [0.1, 0.15) is 22.9 Å². The number of imidazole rings is 1. The highest BCUT2D eigenvalue weighted by Gasteiger charge is 2.30. The van der Waals surface area contributed by atoms with Crippen LogP contribution in [0.5, 0.6) is 17.2 Å². The molecule has 1 aromatic heterocycles. The SMILES string of the molecule is COc1cc(C(O)c2cnc(-c3ccc(C(F)(F)F)cc3)[nH]2)cc(OC)c1OC. The van der Waals surface area contributed by atoms with Crippen LogP contribution in [0.15, 0.2) is 42.6 Å². The maximum atomic E-state index is 12.7. The predicted octanol–water partition coefficient (Wildman–Crippen LogP) is 4.20. The number of hydrogen-bond donors (Lipinski definition) is 2. The van der Waals surface area contributed by atoms with Gasteiger partial charge in [0.1, 0.15) is 11.9 Å². The van der Waals surface area contributed by atoms with Crippen LogP contribution in [0.25, 0.3) is 11.4 Å². The third kappa shape index (κ3) is 4.14. The second-order valence-electron chi connectivity index (χ2n) is 6.12. The molecule has 0 aliphatic rings. The van der Waals surface area contributed by atoms with Crippen molar-refractivity contribution in [2.24, 2.45) is 0 Å². The van der Waals surface area contributed by atoms with Crippen molar-refractivity contribution in [1.29, 1.82) is 0 Å². The molecule has 1 unspecified atom stereocenters. The number of methoxy groups -OCH3 is 3. The molecule has 0 aliphatic heterocycles. The smallest absolute Gasteiger partial charge is 0.416 e. The first-order valence-corrected chi connectivity index (χ1v) is 8.49. The van der Waals surface area contributed by atoms with E-state index in [2.05, 4.69) is 9.97 Å². The van der Waals surface area contributed by atoms with Gasteiger partial charge in [0, 0.05) is 5.56 Å². The third-order valence-electron chi connectivity index (χ3n) is 4.38. The molecule has 154 valence electrons. The van der Waals surface area contributed by atoms with Crippen molar-refractivity contribution in [2.45, 2.75) is 12.3 Å². The molecular weight excluding hydrogens is 389 g/mol. The Morgan fingerprint density at radius 1 is 0.966 bits per heavy atom. The van der Waals surface area contributed by atoms with Crippen LogP contribution >= 0.6 is 0 Å². The van der Waals surface area contributed by atoms with E-state index in [0.29, 0.717) is 39.9 Å². The Labute approximate surface area is 164 Å². The lowest BCUT2D eigenvalue weighted by Crippen LogP contribution is -2.04. The molecule has 2 aromatic carbocycles. The standard InChI is InChI=1S/C20H19F3N2O4/c1-27-15-8-12(9-16(28-2)18(15)29-3)17(26)14-10-24-19(25-14)11-4-6-13(7-5-11)20(21,22)23/h4-10,17,26H,1-3H3,(H,24,25). The fourth-order valence-electron chi connectivity index (χ4n) is 2.88. The highest BCUT2D eigenvalue weighted by Crippen LogP contribution is 2.40. The van der Waals surface area contributed by atoms with Gasteiger partial charge in [-0.05, 0) is 29.8 Å². The van der Waals surface area contributed by atoms with Crippen LogP contribution < -0.4 is 14.2 Å². The van der Waals surface area contributed by atoms with Crippen molar-refractivity contribution < 1.29 is 32.5 Å². The fourth-order valence-corrected chi connectivity index (χ4v) is 2.88. The number of benzene rings is 2. The molecular formula is C20H19F3N2O4. The number of aromatic amines is 1. The van der Waals surface area contributed by atoms with Crippen LogP contribution in [0.3, 0.4) is 0 Å². The second-order valence-corrected chi connectivity index (χ2v) is 6.12. The Hall–Kier alpha value is -3.20. The van der Waals surface area contributed by atoms with Gasteiger partial charge in [-0.1, -0.05) is 12.1 Å². The minimum absolute atomic E-state index is 0.334. The van der Waals surface area contributed by atoms with Gasteiger partial charge < -0.3 is 24.3 Å². The van der Waals surface area contributed by atoms with Crippen LogP contribution in [-0.2, 0) is 6.18 Å². The zero-order valence-electron chi connectivity index (χ0n) is 15.9. The maximum absolute atomic E-state index is 12.7. The number of nitrogens with zero attached hydrogens (tertiary/aromatic N) is 1. The first-order valence-electron chi connectivity index (χ1n) is 8.49. The topological polar surface area (TPSA) is 76.6 Å². The summed E-state index contributed by atoms with van der Waals surface area (Å²) in [6.45, 7) is 0. The third-order valence-corrected chi connectivity index (χ3v) is 4.38. The summed E-state index contributed by atoms with van der Waals surface area (Å²) in [7, 11) is 4.40. The number of rotatable bonds is 6. The molecule has 0 saturated heterocycles. The van der Waals surface area contributed by atoms with Crippen LogP contribution in [0.2, 0.25) is 0 Å². The monoisotopic (exact) mass is 408 g/mol. The van der Waals surface area contributed by atoms with Crippen molar-refractivity contribution in [3.63, 3.8) is 0 Å². The number of alkyl halides is 3. The molecule has 6 nitrogen and oxygen atoms in total. The quantitative estimate of drug-likeness (QED) is 0.639. The van der Waals surface area contributed by atoms with E-state index in [4.69, 9.17) is 14.2 Å². The zero-order valence-corrected chi connectivity index (χ0v) is 15.9. The Kier molecular flexibility index (Phi) is 5.69. The summed E-state index contributed by atoms with van der Waals surface area (Å²) in [6.07, 6.45) is -4.09. The van der Waals surface area contributed by atoms with Gasteiger partial charge in [-0.15, -0.1) is 0 Å². The number of aliphatic hydroxyl groups excluding tert-OH is 1. The van der Waals surface area contributed by atoms with Crippen molar-refractivity contribution in [3.8, 4) is 28.6 Å². The molecule has 0 amide bonds. The second kappa shape index (κ2) is 8.04. The summed E-state index contributed by atoms with van der Waals surface area (Å²) in [5.41, 5.74) is 0.531. The number of H-pyrrole nitrogens is 1. The number of nitrogens with one attached hydrogen (secondary N) is 1. The molecule has 0 aliphatic carbocycles. The summed E-state index contributed by atoms with van der Waals surface area (Å²) < 4.78 is 54.0. The summed E-state index contributed by atoms with van der Waals surface area (Å²) in [6, 6.07) is 7.80. The fraction of sp³-hybridized carbons (Fsp3) is 0.250. The summed E-state index contributed by atoms with van der Waals surface area (Å²) >= 11 is 0. The van der Waals surface area contributed by atoms with E-state index in [1.165, 1.54) is 39.7 Å². The zero-order chi connectivity index (χ0) is 21.2. The molecule has 3 aromatic rings. The van der Waals surface area contributed by atoms with E-state index in [9.17, 15) is 18.3 Å². The normalized spacial score (nSPS) is 12.5. The molecule has 0 saturated carbocycles. The molecule has 29 heavy (non-hydrogen) atoms. The van der Waals surface area contributed by atoms with Crippen LogP contribution in [-0.4, -0.2) is 36.4 Å². The maximum Gasteiger partial charge on any atom is 0.416 e. The highest BCUT2D eigenvalue weighted by molar-refractivity contribution is 5.57. The van der Waals surface area contributed by atoms with Gasteiger partial charge in [-0.3, -0.25) is 0 Å². The molecule has 9 heteroatoms. The lowest BCUT2D eigenvalue weighted by molar-refractivity contribution is -0.137. The van der Waals surface area contributed by atoms with Gasteiger partial charge in [-0.25, -0.2) is 4.98 Å². The number of hydrogen-bond acceptors (Lipinski definition) is 5. The lowest BCUT2D eigenvalue weighted by Gasteiger charge is -2.16. The summed E-state index contributed by atoms with van der Waals surface area (Å²) in [5, 5.41) is 10.7. The van der Waals surface area contributed by atoms with E-state index >= 15 is 0 Å². The van der Waals surface area contributed by atoms with Crippen molar-refractivity contribution in [3.05, 3.63) is 59.4 Å². The molecule has 2 N–H and O–H groups in total. The first kappa shape index (κ1) is 20.5.